The minimum Gasteiger partial charge on any atom is -0.495 e. The molecule has 1 atom stereocenters. The van der Waals surface area contributed by atoms with Gasteiger partial charge in [0.05, 0.1) is 18.8 Å². The van der Waals surface area contributed by atoms with Gasteiger partial charge >= 0.3 is 6.03 Å². The summed E-state index contributed by atoms with van der Waals surface area (Å²) in [6, 6.07) is 13.0. The SMILES string of the molecule is COc1ccccc1NC(=N)N1CCN(C(=O)Nc2cccc(F)c2)CC1C(C)C. The van der Waals surface area contributed by atoms with Crippen molar-refractivity contribution >= 4 is 23.4 Å². The molecule has 1 fully saturated rings. The Morgan fingerprint density at radius 2 is 1.93 bits per heavy atom. The van der Waals surface area contributed by atoms with E-state index in [1.165, 1.54) is 12.1 Å². The number of methoxy groups -OCH3 is 1. The number of nitrogens with zero attached hydrogens (tertiary/aromatic N) is 2. The number of carbonyl (C=O) groups is 1. The van der Waals surface area contributed by atoms with E-state index in [9.17, 15) is 9.18 Å². The zero-order valence-electron chi connectivity index (χ0n) is 17.5. The number of guanidine groups is 1. The lowest BCUT2D eigenvalue weighted by atomic mass is 10.00. The van der Waals surface area contributed by atoms with Gasteiger partial charge in [0.15, 0.2) is 5.96 Å². The Kier molecular flexibility index (Phi) is 6.76. The zero-order valence-corrected chi connectivity index (χ0v) is 17.5. The summed E-state index contributed by atoms with van der Waals surface area (Å²) in [5.41, 5.74) is 1.15. The number of anilines is 2. The van der Waals surface area contributed by atoms with E-state index in [-0.39, 0.29) is 24.0 Å². The lowest BCUT2D eigenvalue weighted by molar-refractivity contribution is 0.119. The molecule has 3 rings (SSSR count). The van der Waals surface area contributed by atoms with Crippen LogP contribution in [-0.4, -0.2) is 54.6 Å². The van der Waals surface area contributed by atoms with Gasteiger partial charge < -0.3 is 25.2 Å². The molecule has 1 unspecified atom stereocenters. The lowest BCUT2D eigenvalue weighted by Crippen LogP contribution is -2.60. The first-order valence-electron chi connectivity index (χ1n) is 9.95. The molecule has 2 aromatic carbocycles. The van der Waals surface area contributed by atoms with Crippen LogP contribution in [0.5, 0.6) is 5.75 Å². The van der Waals surface area contributed by atoms with Gasteiger partial charge in [0, 0.05) is 25.3 Å². The summed E-state index contributed by atoms with van der Waals surface area (Å²) < 4.78 is 18.7. The van der Waals surface area contributed by atoms with Crippen molar-refractivity contribution in [2.24, 2.45) is 5.92 Å². The molecule has 0 radical (unpaired) electrons. The molecule has 8 heteroatoms. The van der Waals surface area contributed by atoms with Crippen LogP contribution in [0.2, 0.25) is 0 Å². The number of benzene rings is 2. The summed E-state index contributed by atoms with van der Waals surface area (Å²) >= 11 is 0. The topological polar surface area (TPSA) is 80.7 Å². The fraction of sp³-hybridized carbons (Fsp3) is 0.364. The highest BCUT2D eigenvalue weighted by atomic mass is 19.1. The first kappa shape index (κ1) is 21.4. The van der Waals surface area contributed by atoms with Gasteiger partial charge in [-0.25, -0.2) is 9.18 Å². The molecular formula is C22H28FN5O2. The van der Waals surface area contributed by atoms with E-state index >= 15 is 0 Å². The molecule has 30 heavy (non-hydrogen) atoms. The fourth-order valence-corrected chi connectivity index (χ4v) is 3.56. The second-order valence-electron chi connectivity index (χ2n) is 7.57. The van der Waals surface area contributed by atoms with Gasteiger partial charge in [-0.15, -0.1) is 0 Å². The minimum atomic E-state index is -0.395. The van der Waals surface area contributed by atoms with Crippen LogP contribution in [-0.2, 0) is 0 Å². The number of hydrogen-bond acceptors (Lipinski definition) is 3. The number of para-hydroxylation sites is 2. The van der Waals surface area contributed by atoms with Gasteiger partial charge in [0.25, 0.3) is 0 Å². The van der Waals surface area contributed by atoms with Gasteiger partial charge in [-0.1, -0.05) is 32.0 Å². The Bertz CT molecular complexity index is 905. The van der Waals surface area contributed by atoms with Crippen LogP contribution in [0.15, 0.2) is 48.5 Å². The van der Waals surface area contributed by atoms with Gasteiger partial charge in [-0.2, -0.15) is 0 Å². The molecule has 0 bridgehead atoms. The highest BCUT2D eigenvalue weighted by Crippen LogP contribution is 2.25. The highest BCUT2D eigenvalue weighted by Gasteiger charge is 2.33. The quantitative estimate of drug-likeness (QED) is 0.522. The average molecular weight is 413 g/mol. The van der Waals surface area contributed by atoms with E-state index in [4.69, 9.17) is 10.1 Å². The van der Waals surface area contributed by atoms with Crippen molar-refractivity contribution in [1.82, 2.24) is 9.80 Å². The summed E-state index contributed by atoms with van der Waals surface area (Å²) in [5.74, 6) is 0.753. The third-order valence-electron chi connectivity index (χ3n) is 5.20. The van der Waals surface area contributed by atoms with Gasteiger partial charge in [0.2, 0.25) is 0 Å². The third-order valence-corrected chi connectivity index (χ3v) is 5.20. The number of hydrogen-bond donors (Lipinski definition) is 3. The predicted molar refractivity (Wildman–Crippen MR) is 117 cm³/mol. The first-order chi connectivity index (χ1) is 14.4. The summed E-state index contributed by atoms with van der Waals surface area (Å²) in [6.07, 6.45) is 0. The lowest BCUT2D eigenvalue weighted by Gasteiger charge is -2.44. The number of amides is 2. The van der Waals surface area contributed by atoms with Crippen LogP contribution >= 0.6 is 0 Å². The smallest absolute Gasteiger partial charge is 0.321 e. The van der Waals surface area contributed by atoms with Crippen molar-refractivity contribution in [1.29, 1.82) is 5.41 Å². The van der Waals surface area contributed by atoms with Crippen LogP contribution in [0.3, 0.4) is 0 Å². The second-order valence-corrected chi connectivity index (χ2v) is 7.57. The van der Waals surface area contributed by atoms with E-state index in [1.54, 1.807) is 24.1 Å². The molecular weight excluding hydrogens is 385 g/mol. The van der Waals surface area contributed by atoms with E-state index in [2.05, 4.69) is 24.5 Å². The number of urea groups is 1. The van der Waals surface area contributed by atoms with Crippen LogP contribution in [0.4, 0.5) is 20.6 Å². The number of carbonyl (C=O) groups excluding carboxylic acids is 1. The van der Waals surface area contributed by atoms with Crippen LogP contribution in [0.25, 0.3) is 0 Å². The Morgan fingerprint density at radius 1 is 1.17 bits per heavy atom. The summed E-state index contributed by atoms with van der Waals surface area (Å²) in [5, 5.41) is 14.5. The van der Waals surface area contributed by atoms with Gasteiger partial charge in [0.1, 0.15) is 11.6 Å². The molecule has 1 heterocycles. The van der Waals surface area contributed by atoms with Crippen molar-refractivity contribution in [3.05, 3.63) is 54.3 Å². The molecule has 7 nitrogen and oxygen atoms in total. The maximum atomic E-state index is 13.4. The van der Waals surface area contributed by atoms with Crippen LogP contribution < -0.4 is 15.4 Å². The minimum absolute atomic E-state index is 0.0354. The standard InChI is InChI=1S/C22H28FN5O2/c1-15(2)19-14-27(22(29)25-17-8-6-7-16(23)13-17)11-12-28(19)21(24)26-18-9-4-5-10-20(18)30-3/h4-10,13,15,19H,11-12,14H2,1-3H3,(H2,24,26)(H,25,29). The molecule has 0 aromatic heterocycles. The summed E-state index contributed by atoms with van der Waals surface area (Å²) in [6.45, 7) is 5.58. The molecule has 2 aromatic rings. The third kappa shape index (κ3) is 5.00. The molecule has 0 aliphatic carbocycles. The van der Waals surface area contributed by atoms with E-state index in [0.717, 1.165) is 5.69 Å². The molecule has 3 N–H and O–H groups in total. The highest BCUT2D eigenvalue weighted by molar-refractivity contribution is 5.93. The molecule has 0 saturated carbocycles. The van der Waals surface area contributed by atoms with Crippen molar-refractivity contribution in [3.63, 3.8) is 0 Å². The van der Waals surface area contributed by atoms with E-state index in [1.807, 2.05) is 29.2 Å². The zero-order chi connectivity index (χ0) is 21.7. The molecule has 160 valence electrons. The van der Waals surface area contributed by atoms with Crippen LogP contribution in [0, 0.1) is 17.1 Å². The molecule has 1 saturated heterocycles. The Morgan fingerprint density at radius 3 is 2.63 bits per heavy atom. The summed E-state index contributed by atoms with van der Waals surface area (Å²) in [7, 11) is 1.59. The van der Waals surface area contributed by atoms with Crippen molar-refractivity contribution in [2.45, 2.75) is 19.9 Å². The molecule has 1 aliphatic heterocycles. The normalized spacial score (nSPS) is 16.4. The van der Waals surface area contributed by atoms with Gasteiger partial charge in [-0.3, -0.25) is 5.41 Å². The number of ether oxygens (including phenoxy) is 1. The molecule has 2 amide bonds. The van der Waals surface area contributed by atoms with Crippen molar-refractivity contribution in [2.75, 3.05) is 37.4 Å². The second kappa shape index (κ2) is 9.47. The van der Waals surface area contributed by atoms with Crippen molar-refractivity contribution < 1.29 is 13.9 Å². The molecule has 1 aliphatic rings. The number of nitrogens with one attached hydrogen (secondary N) is 3. The van der Waals surface area contributed by atoms with Crippen LogP contribution in [0.1, 0.15) is 13.8 Å². The molecule has 0 spiro atoms. The largest absolute Gasteiger partial charge is 0.495 e. The monoisotopic (exact) mass is 413 g/mol. The number of halogens is 1. The van der Waals surface area contributed by atoms with Crippen molar-refractivity contribution in [3.8, 4) is 5.75 Å². The predicted octanol–water partition coefficient (Wildman–Crippen LogP) is 4.06. The Balaban J connectivity index is 1.67. The fourth-order valence-electron chi connectivity index (χ4n) is 3.56. The maximum absolute atomic E-state index is 13.4. The Labute approximate surface area is 176 Å². The average Bonchev–Trinajstić information content (AvgIpc) is 2.73. The number of piperazine rings is 1. The summed E-state index contributed by atoms with van der Waals surface area (Å²) in [4.78, 5) is 16.4. The Hall–Kier alpha value is -3.29. The maximum Gasteiger partial charge on any atom is 0.321 e. The van der Waals surface area contributed by atoms with Gasteiger partial charge in [-0.05, 0) is 36.2 Å². The number of rotatable bonds is 4. The van der Waals surface area contributed by atoms with E-state index in [0.29, 0.717) is 31.1 Å². The first-order valence-corrected chi connectivity index (χ1v) is 9.95. The van der Waals surface area contributed by atoms with E-state index < -0.39 is 5.82 Å².